The second-order valence-corrected chi connectivity index (χ2v) is 10.2. The zero-order valence-electron chi connectivity index (χ0n) is 21.3. The van der Waals surface area contributed by atoms with Crippen molar-refractivity contribution in [1.29, 1.82) is 0 Å². The van der Waals surface area contributed by atoms with Gasteiger partial charge in [-0.1, -0.05) is 23.7 Å². The molecule has 0 saturated heterocycles. The number of aromatic nitrogens is 3. The topological polar surface area (TPSA) is 83.2 Å². The van der Waals surface area contributed by atoms with Crippen molar-refractivity contribution in [2.75, 3.05) is 20.4 Å². The predicted octanol–water partition coefficient (Wildman–Crippen LogP) is 4.79. The zero-order valence-corrected chi connectivity index (χ0v) is 22.1. The van der Waals surface area contributed by atoms with Gasteiger partial charge in [0, 0.05) is 35.3 Å². The van der Waals surface area contributed by atoms with Gasteiger partial charge in [-0.25, -0.2) is 4.68 Å². The van der Waals surface area contributed by atoms with Crippen LogP contribution in [0.4, 0.5) is 0 Å². The monoisotopic (exact) mass is 543 g/mol. The van der Waals surface area contributed by atoms with Crippen molar-refractivity contribution in [3.8, 4) is 23.0 Å². The molecular weight excluding hydrogens is 518 g/mol. The molecule has 0 fully saturated rings. The molecule has 39 heavy (non-hydrogen) atoms. The minimum absolute atomic E-state index is 0.201. The van der Waals surface area contributed by atoms with Crippen LogP contribution in [0.3, 0.4) is 0 Å². The van der Waals surface area contributed by atoms with Gasteiger partial charge in [-0.2, -0.15) is 5.10 Å². The Morgan fingerprint density at radius 1 is 1.10 bits per heavy atom. The third-order valence-corrected chi connectivity index (χ3v) is 7.82. The van der Waals surface area contributed by atoms with Crippen molar-refractivity contribution < 1.29 is 18.9 Å². The van der Waals surface area contributed by atoms with Crippen LogP contribution in [0.5, 0.6) is 23.0 Å². The van der Waals surface area contributed by atoms with E-state index < -0.39 is 0 Å². The molecular formula is C29H26ClN5O4. The smallest absolute Gasteiger partial charge is 0.231 e. The summed E-state index contributed by atoms with van der Waals surface area (Å²) in [5.74, 6) is 3.07. The number of halogens is 1. The molecule has 1 atom stereocenters. The summed E-state index contributed by atoms with van der Waals surface area (Å²) in [6.45, 7) is 2.31. The van der Waals surface area contributed by atoms with Gasteiger partial charge in [0.1, 0.15) is 19.3 Å². The van der Waals surface area contributed by atoms with Crippen molar-refractivity contribution in [2.45, 2.75) is 32.0 Å². The minimum atomic E-state index is 0.201. The molecule has 0 saturated carbocycles. The van der Waals surface area contributed by atoms with E-state index >= 15 is 0 Å². The van der Waals surface area contributed by atoms with Crippen molar-refractivity contribution in [1.82, 2.24) is 19.8 Å². The highest BCUT2D eigenvalue weighted by Gasteiger charge is 2.37. The van der Waals surface area contributed by atoms with Gasteiger partial charge in [0.2, 0.25) is 6.79 Å². The number of rotatable bonds is 6. The van der Waals surface area contributed by atoms with Gasteiger partial charge >= 0.3 is 0 Å². The Labute approximate surface area is 230 Å². The molecule has 4 aromatic rings. The average Bonchev–Trinajstić information content (AvgIpc) is 3.65. The van der Waals surface area contributed by atoms with Crippen LogP contribution in [0.2, 0.25) is 5.02 Å². The van der Waals surface area contributed by atoms with Crippen molar-refractivity contribution >= 4 is 17.8 Å². The molecule has 3 aliphatic rings. The van der Waals surface area contributed by atoms with Crippen LogP contribution in [-0.4, -0.2) is 46.4 Å². The number of benzene rings is 3. The Morgan fingerprint density at radius 3 is 2.77 bits per heavy atom. The lowest BCUT2D eigenvalue weighted by Gasteiger charge is -2.42. The quantitative estimate of drug-likeness (QED) is 0.323. The van der Waals surface area contributed by atoms with Crippen molar-refractivity contribution in [3.63, 3.8) is 0 Å². The third kappa shape index (κ3) is 4.47. The number of hydrogen-bond acceptors (Lipinski definition) is 8. The third-order valence-electron chi connectivity index (χ3n) is 7.59. The molecule has 0 N–H and O–H groups in total. The fourth-order valence-corrected chi connectivity index (χ4v) is 5.93. The van der Waals surface area contributed by atoms with Crippen LogP contribution in [0, 0.1) is 0 Å². The van der Waals surface area contributed by atoms with Crippen LogP contribution < -0.4 is 18.9 Å². The van der Waals surface area contributed by atoms with E-state index in [9.17, 15) is 0 Å². The molecule has 198 valence electrons. The molecule has 1 unspecified atom stereocenters. The van der Waals surface area contributed by atoms with E-state index in [0.29, 0.717) is 17.4 Å². The normalized spacial score (nSPS) is 17.5. The highest BCUT2D eigenvalue weighted by molar-refractivity contribution is 6.30. The molecule has 0 amide bonds. The first-order valence-corrected chi connectivity index (χ1v) is 13.2. The molecule has 1 aromatic heterocycles. The van der Waals surface area contributed by atoms with Crippen molar-refractivity contribution in [3.05, 3.63) is 93.5 Å². The summed E-state index contributed by atoms with van der Waals surface area (Å²) < 4.78 is 25.3. The maximum atomic E-state index is 6.47. The van der Waals surface area contributed by atoms with Crippen LogP contribution in [0.25, 0.3) is 0 Å². The van der Waals surface area contributed by atoms with E-state index in [1.54, 1.807) is 24.4 Å². The summed E-state index contributed by atoms with van der Waals surface area (Å²) in [7, 11) is 1.67. The standard InChI is InChI=1S/C29H26ClN5O4/c1-36-28-9-20(12-33-35-15-31-32-16-35)22-10-25-23-11-27-26(38-17-39-27)8-19(23)5-6-34(25)13-24(22)29(28)37-14-18-3-2-4-21(30)7-18/h2-4,7-9,11-12,15-16,25H,5-6,10,13-14,17H2,1H3/b33-12+. The molecule has 7 rings (SSSR count). The van der Waals surface area contributed by atoms with Gasteiger partial charge in [-0.15, -0.1) is 10.2 Å². The Bertz CT molecular complexity index is 1570. The highest BCUT2D eigenvalue weighted by Crippen LogP contribution is 2.47. The van der Waals surface area contributed by atoms with Gasteiger partial charge in [0.25, 0.3) is 0 Å². The summed E-state index contributed by atoms with van der Waals surface area (Å²) in [6, 6.07) is 14.2. The zero-order chi connectivity index (χ0) is 26.3. The SMILES string of the molecule is COc1cc(/C=N/n2cnnc2)c2c(c1OCc1cccc(Cl)c1)CN1CCc3cc4c(cc3C1C2)OCO4. The summed E-state index contributed by atoms with van der Waals surface area (Å²) in [5.41, 5.74) is 6.86. The maximum absolute atomic E-state index is 6.47. The first-order valence-electron chi connectivity index (χ1n) is 12.8. The molecule has 0 radical (unpaired) electrons. The van der Waals surface area contributed by atoms with Gasteiger partial charge in [0.15, 0.2) is 23.0 Å². The molecule has 9 nitrogen and oxygen atoms in total. The molecule has 3 aromatic carbocycles. The lowest BCUT2D eigenvalue weighted by atomic mass is 9.82. The fourth-order valence-electron chi connectivity index (χ4n) is 5.72. The number of fused-ring (bicyclic) bond motifs is 5. The van der Waals surface area contributed by atoms with Gasteiger partial charge in [-0.3, -0.25) is 4.90 Å². The number of ether oxygens (including phenoxy) is 4. The van der Waals surface area contributed by atoms with E-state index in [0.717, 1.165) is 59.9 Å². The molecule has 0 aliphatic carbocycles. The van der Waals surface area contributed by atoms with Crippen molar-refractivity contribution in [2.24, 2.45) is 5.10 Å². The largest absolute Gasteiger partial charge is 0.493 e. The second kappa shape index (κ2) is 9.91. The van der Waals surface area contributed by atoms with Gasteiger partial charge in [-0.05, 0) is 65.4 Å². The van der Waals surface area contributed by atoms with Crippen LogP contribution in [0.15, 0.2) is 60.2 Å². The lowest BCUT2D eigenvalue weighted by Crippen LogP contribution is -2.40. The predicted molar refractivity (Wildman–Crippen MR) is 145 cm³/mol. The van der Waals surface area contributed by atoms with Crippen LogP contribution >= 0.6 is 11.6 Å². The Balaban J connectivity index is 1.31. The van der Waals surface area contributed by atoms with Crippen LogP contribution in [0.1, 0.15) is 39.4 Å². The molecule has 0 bridgehead atoms. The number of hydrogen-bond donors (Lipinski definition) is 0. The summed E-state index contributed by atoms with van der Waals surface area (Å²) in [4.78, 5) is 2.51. The number of methoxy groups -OCH3 is 1. The van der Waals surface area contributed by atoms with E-state index in [-0.39, 0.29) is 12.8 Å². The van der Waals surface area contributed by atoms with E-state index in [1.165, 1.54) is 16.7 Å². The highest BCUT2D eigenvalue weighted by atomic mass is 35.5. The maximum Gasteiger partial charge on any atom is 0.231 e. The van der Waals surface area contributed by atoms with E-state index in [4.69, 9.17) is 30.5 Å². The first-order chi connectivity index (χ1) is 19.2. The molecule has 4 heterocycles. The van der Waals surface area contributed by atoms with Gasteiger partial charge < -0.3 is 18.9 Å². The summed E-state index contributed by atoms with van der Waals surface area (Å²) >= 11 is 6.22. The van der Waals surface area contributed by atoms with Gasteiger partial charge in [0.05, 0.1) is 13.3 Å². The summed E-state index contributed by atoms with van der Waals surface area (Å²) in [6.07, 6.45) is 6.70. The van der Waals surface area contributed by atoms with E-state index in [2.05, 4.69) is 32.3 Å². The molecule has 3 aliphatic heterocycles. The average molecular weight is 544 g/mol. The minimum Gasteiger partial charge on any atom is -0.493 e. The Morgan fingerprint density at radius 2 is 1.95 bits per heavy atom. The van der Waals surface area contributed by atoms with E-state index in [1.807, 2.05) is 36.5 Å². The fraction of sp³-hybridized carbons (Fsp3) is 0.276. The molecule has 0 spiro atoms. The Kier molecular flexibility index (Phi) is 6.09. The molecule has 10 heteroatoms. The summed E-state index contributed by atoms with van der Waals surface area (Å²) in [5, 5.41) is 12.9. The number of nitrogens with zero attached hydrogens (tertiary/aromatic N) is 5. The Hall–Kier alpha value is -4.08. The lowest BCUT2D eigenvalue weighted by molar-refractivity contribution is 0.155. The van der Waals surface area contributed by atoms with Crippen LogP contribution in [-0.2, 0) is 26.0 Å². The first kappa shape index (κ1) is 24.0. The second-order valence-electron chi connectivity index (χ2n) is 9.80.